The van der Waals surface area contributed by atoms with Gasteiger partial charge in [0, 0.05) is 18.7 Å². The largest absolute Gasteiger partial charge is 0.381 e. The van der Waals surface area contributed by atoms with E-state index in [1.54, 1.807) is 6.20 Å². The predicted molar refractivity (Wildman–Crippen MR) is 74.8 cm³/mol. The highest BCUT2D eigenvalue weighted by atomic mass is 35.5. The van der Waals surface area contributed by atoms with Crippen molar-refractivity contribution in [3.8, 4) is 11.3 Å². The molecule has 18 heavy (non-hydrogen) atoms. The van der Waals surface area contributed by atoms with E-state index in [1.807, 2.05) is 31.2 Å². The van der Waals surface area contributed by atoms with Gasteiger partial charge in [0.2, 0.25) is 0 Å². The Balaban J connectivity index is 2.48. The molecule has 1 heterocycles. The fourth-order valence-electron chi connectivity index (χ4n) is 1.66. The Labute approximate surface area is 111 Å². The maximum absolute atomic E-state index is 6.20. The van der Waals surface area contributed by atoms with Gasteiger partial charge in [-0.25, -0.2) is 9.97 Å². The molecule has 5 heteroatoms. The standard InChI is InChI=1S/C13H15ClN4/c1-9-17-8-12(16-7-6-15)13(18-9)10-4-2-3-5-11(10)14/h2-5,8,16H,6-7,15H2,1H3. The van der Waals surface area contributed by atoms with Crippen molar-refractivity contribution in [2.75, 3.05) is 18.4 Å². The van der Waals surface area contributed by atoms with E-state index in [0.29, 0.717) is 23.9 Å². The minimum Gasteiger partial charge on any atom is -0.381 e. The van der Waals surface area contributed by atoms with Gasteiger partial charge in [-0.15, -0.1) is 0 Å². The Bertz CT molecular complexity index is 542. The molecule has 0 radical (unpaired) electrons. The first-order chi connectivity index (χ1) is 8.72. The maximum atomic E-state index is 6.20. The van der Waals surface area contributed by atoms with Crippen LogP contribution in [0.3, 0.4) is 0 Å². The third kappa shape index (κ3) is 2.78. The van der Waals surface area contributed by atoms with Crippen molar-refractivity contribution in [3.05, 3.63) is 41.3 Å². The summed E-state index contributed by atoms with van der Waals surface area (Å²) in [6.07, 6.45) is 1.76. The predicted octanol–water partition coefficient (Wildman–Crippen LogP) is 2.48. The summed E-state index contributed by atoms with van der Waals surface area (Å²) in [5, 5.41) is 3.88. The summed E-state index contributed by atoms with van der Waals surface area (Å²) in [7, 11) is 0. The van der Waals surface area contributed by atoms with Crippen LogP contribution in [0.25, 0.3) is 11.3 Å². The number of hydrogen-bond donors (Lipinski definition) is 2. The molecule has 0 bridgehead atoms. The topological polar surface area (TPSA) is 63.8 Å². The van der Waals surface area contributed by atoms with Crippen molar-refractivity contribution in [1.29, 1.82) is 0 Å². The van der Waals surface area contributed by atoms with E-state index < -0.39 is 0 Å². The summed E-state index contributed by atoms with van der Waals surface area (Å²) in [6.45, 7) is 3.08. The third-order valence-electron chi connectivity index (χ3n) is 2.50. The van der Waals surface area contributed by atoms with Crippen LogP contribution in [0.4, 0.5) is 5.69 Å². The molecule has 0 amide bonds. The number of hydrogen-bond acceptors (Lipinski definition) is 4. The number of nitrogens with one attached hydrogen (secondary N) is 1. The summed E-state index contributed by atoms with van der Waals surface area (Å²) in [5.41, 5.74) is 8.04. The van der Waals surface area contributed by atoms with Crippen molar-refractivity contribution in [2.45, 2.75) is 6.92 Å². The second kappa shape index (κ2) is 5.80. The lowest BCUT2D eigenvalue weighted by Crippen LogP contribution is -2.14. The van der Waals surface area contributed by atoms with Crippen molar-refractivity contribution in [1.82, 2.24) is 9.97 Å². The van der Waals surface area contributed by atoms with Crippen LogP contribution in [-0.4, -0.2) is 23.1 Å². The molecule has 0 aliphatic rings. The lowest BCUT2D eigenvalue weighted by Gasteiger charge is -2.11. The van der Waals surface area contributed by atoms with E-state index in [1.165, 1.54) is 0 Å². The monoisotopic (exact) mass is 262 g/mol. The zero-order valence-corrected chi connectivity index (χ0v) is 10.9. The molecule has 0 saturated carbocycles. The number of nitrogens with zero attached hydrogens (tertiary/aromatic N) is 2. The summed E-state index contributed by atoms with van der Waals surface area (Å²) in [4.78, 5) is 8.65. The van der Waals surface area contributed by atoms with Crippen LogP contribution < -0.4 is 11.1 Å². The molecule has 4 nitrogen and oxygen atoms in total. The van der Waals surface area contributed by atoms with Crippen LogP contribution in [0.1, 0.15) is 5.82 Å². The highest BCUT2D eigenvalue weighted by molar-refractivity contribution is 6.33. The number of benzene rings is 1. The Hall–Kier alpha value is -1.65. The van der Waals surface area contributed by atoms with Crippen molar-refractivity contribution in [3.63, 3.8) is 0 Å². The summed E-state index contributed by atoms with van der Waals surface area (Å²) >= 11 is 6.20. The van der Waals surface area contributed by atoms with Crippen LogP contribution in [0, 0.1) is 6.92 Å². The lowest BCUT2D eigenvalue weighted by atomic mass is 10.1. The molecule has 0 atom stereocenters. The summed E-state index contributed by atoms with van der Waals surface area (Å²) in [5.74, 6) is 0.711. The first-order valence-corrected chi connectivity index (χ1v) is 6.12. The van der Waals surface area contributed by atoms with Gasteiger partial charge in [-0.05, 0) is 13.0 Å². The van der Waals surface area contributed by atoms with Crippen molar-refractivity contribution in [2.24, 2.45) is 5.73 Å². The van der Waals surface area contributed by atoms with E-state index in [4.69, 9.17) is 17.3 Å². The molecule has 2 aromatic rings. The molecule has 3 N–H and O–H groups in total. The molecule has 0 unspecified atom stereocenters. The number of nitrogens with two attached hydrogens (primary N) is 1. The van der Waals surface area contributed by atoms with Gasteiger partial charge in [0.25, 0.3) is 0 Å². The van der Waals surface area contributed by atoms with Gasteiger partial charge in [0.05, 0.1) is 22.6 Å². The maximum Gasteiger partial charge on any atom is 0.126 e. The highest BCUT2D eigenvalue weighted by Gasteiger charge is 2.10. The number of aryl methyl sites for hydroxylation is 1. The highest BCUT2D eigenvalue weighted by Crippen LogP contribution is 2.31. The van der Waals surface area contributed by atoms with Crippen LogP contribution in [0.15, 0.2) is 30.5 Å². The van der Waals surface area contributed by atoms with Crippen LogP contribution in [-0.2, 0) is 0 Å². The third-order valence-corrected chi connectivity index (χ3v) is 2.83. The number of halogens is 1. The molecule has 1 aromatic heterocycles. The van der Waals surface area contributed by atoms with Gasteiger partial charge in [-0.3, -0.25) is 0 Å². The van der Waals surface area contributed by atoms with Gasteiger partial charge >= 0.3 is 0 Å². The fraction of sp³-hybridized carbons (Fsp3) is 0.231. The molecule has 0 saturated heterocycles. The van der Waals surface area contributed by atoms with Gasteiger partial charge in [-0.1, -0.05) is 29.8 Å². The van der Waals surface area contributed by atoms with E-state index in [-0.39, 0.29) is 0 Å². The molecular formula is C13H15ClN4. The number of aromatic nitrogens is 2. The molecule has 94 valence electrons. The lowest BCUT2D eigenvalue weighted by molar-refractivity contribution is 1.00. The van der Waals surface area contributed by atoms with Gasteiger partial charge < -0.3 is 11.1 Å². The SMILES string of the molecule is Cc1ncc(NCCN)c(-c2ccccc2Cl)n1. The van der Waals surface area contributed by atoms with Crippen molar-refractivity contribution < 1.29 is 0 Å². The molecule has 0 fully saturated rings. The second-order valence-corrected chi connectivity index (χ2v) is 4.28. The van der Waals surface area contributed by atoms with E-state index >= 15 is 0 Å². The van der Waals surface area contributed by atoms with E-state index in [2.05, 4.69) is 15.3 Å². The van der Waals surface area contributed by atoms with Crippen molar-refractivity contribution >= 4 is 17.3 Å². The molecule has 0 spiro atoms. The molecule has 2 rings (SSSR count). The summed E-state index contributed by atoms with van der Waals surface area (Å²) < 4.78 is 0. The fourth-order valence-corrected chi connectivity index (χ4v) is 1.89. The first kappa shape index (κ1) is 12.8. The Morgan fingerprint density at radius 2 is 2.11 bits per heavy atom. The Kier molecular flexibility index (Phi) is 4.12. The molecule has 0 aliphatic heterocycles. The van der Waals surface area contributed by atoms with Crippen LogP contribution >= 0.6 is 11.6 Å². The smallest absolute Gasteiger partial charge is 0.126 e. The minimum atomic E-state index is 0.551. The van der Waals surface area contributed by atoms with Crippen LogP contribution in [0.2, 0.25) is 5.02 Å². The molecule has 1 aromatic carbocycles. The quantitative estimate of drug-likeness (QED) is 0.889. The average molecular weight is 263 g/mol. The van der Waals surface area contributed by atoms with E-state index in [9.17, 15) is 0 Å². The van der Waals surface area contributed by atoms with Gasteiger partial charge in [0.1, 0.15) is 5.82 Å². The number of anilines is 1. The average Bonchev–Trinajstić information content (AvgIpc) is 2.38. The molecular weight excluding hydrogens is 248 g/mol. The normalized spacial score (nSPS) is 10.4. The first-order valence-electron chi connectivity index (χ1n) is 5.75. The minimum absolute atomic E-state index is 0.551. The molecule has 0 aliphatic carbocycles. The Morgan fingerprint density at radius 1 is 1.33 bits per heavy atom. The number of rotatable bonds is 4. The second-order valence-electron chi connectivity index (χ2n) is 3.87. The zero-order chi connectivity index (χ0) is 13.0. The van der Waals surface area contributed by atoms with Crippen LogP contribution in [0.5, 0.6) is 0 Å². The summed E-state index contributed by atoms with van der Waals surface area (Å²) in [6, 6.07) is 7.62. The Morgan fingerprint density at radius 3 is 2.83 bits per heavy atom. The van der Waals surface area contributed by atoms with Gasteiger partial charge in [0.15, 0.2) is 0 Å². The zero-order valence-electron chi connectivity index (χ0n) is 10.2. The van der Waals surface area contributed by atoms with E-state index in [0.717, 1.165) is 16.9 Å². The van der Waals surface area contributed by atoms with Gasteiger partial charge in [-0.2, -0.15) is 0 Å².